The number of nitrogens with one attached hydrogen (secondary N) is 3. The van der Waals surface area contributed by atoms with E-state index in [1.54, 1.807) is 36.4 Å². The summed E-state index contributed by atoms with van der Waals surface area (Å²) in [4.78, 5) is 24.5. The van der Waals surface area contributed by atoms with Gasteiger partial charge in [0.2, 0.25) is 0 Å². The van der Waals surface area contributed by atoms with Crippen molar-refractivity contribution in [2.24, 2.45) is 0 Å². The first-order valence-electron chi connectivity index (χ1n) is 10.2. The number of hydrogen-bond donors (Lipinski definition) is 3. The number of amides is 2. The van der Waals surface area contributed by atoms with Crippen LogP contribution in [0.4, 0.5) is 5.69 Å². The Kier molecular flexibility index (Phi) is 7.90. The third-order valence-corrected chi connectivity index (χ3v) is 4.91. The van der Waals surface area contributed by atoms with Gasteiger partial charge in [-0.1, -0.05) is 55.8 Å². The van der Waals surface area contributed by atoms with Gasteiger partial charge in [0.15, 0.2) is 5.11 Å². The molecule has 0 radical (unpaired) electrons. The topological polar surface area (TPSA) is 70.2 Å². The van der Waals surface area contributed by atoms with E-state index in [4.69, 9.17) is 12.2 Å². The first-order valence-corrected chi connectivity index (χ1v) is 10.6. The van der Waals surface area contributed by atoms with Crippen molar-refractivity contribution in [2.75, 3.05) is 11.9 Å². The Morgan fingerprint density at radius 3 is 2.00 bits per heavy atom. The van der Waals surface area contributed by atoms with E-state index in [1.165, 1.54) is 0 Å². The van der Waals surface area contributed by atoms with E-state index < -0.39 is 0 Å². The maximum atomic E-state index is 12.5. The lowest BCUT2D eigenvalue weighted by atomic mass is 10.0. The Balaban J connectivity index is 1.53. The summed E-state index contributed by atoms with van der Waals surface area (Å²) in [6.45, 7) is 2.74. The van der Waals surface area contributed by atoms with E-state index in [0.29, 0.717) is 23.4 Å². The molecule has 0 aliphatic carbocycles. The Labute approximate surface area is 187 Å². The van der Waals surface area contributed by atoms with E-state index >= 15 is 0 Å². The molecule has 0 fully saturated rings. The molecule has 0 spiro atoms. The number of anilines is 1. The molecule has 0 saturated heterocycles. The summed E-state index contributed by atoms with van der Waals surface area (Å²) >= 11 is 5.25. The van der Waals surface area contributed by atoms with Crippen LogP contribution in [0.3, 0.4) is 0 Å². The van der Waals surface area contributed by atoms with E-state index in [9.17, 15) is 9.59 Å². The Hall–Kier alpha value is -3.51. The van der Waals surface area contributed by atoms with Crippen LogP contribution in [0.5, 0.6) is 0 Å². The monoisotopic (exact) mass is 431 g/mol. The zero-order chi connectivity index (χ0) is 22.1. The third kappa shape index (κ3) is 6.49. The predicted molar refractivity (Wildman–Crippen MR) is 129 cm³/mol. The molecule has 0 aliphatic rings. The van der Waals surface area contributed by atoms with Gasteiger partial charge in [-0.05, 0) is 66.2 Å². The first kappa shape index (κ1) is 22.2. The van der Waals surface area contributed by atoms with Gasteiger partial charge in [-0.25, -0.2) is 0 Å². The SMILES string of the molecule is CCCCNC(=O)c1ccc(NC(=S)NC(=O)c2ccc(-c3ccccc3)cc2)cc1. The molecule has 2 amide bonds. The van der Waals surface area contributed by atoms with Gasteiger partial charge in [-0.15, -0.1) is 0 Å². The highest BCUT2D eigenvalue weighted by molar-refractivity contribution is 7.80. The van der Waals surface area contributed by atoms with Crippen LogP contribution in [-0.2, 0) is 0 Å². The van der Waals surface area contributed by atoms with Crippen molar-refractivity contribution in [3.8, 4) is 11.1 Å². The van der Waals surface area contributed by atoms with E-state index in [1.807, 2.05) is 42.5 Å². The third-order valence-electron chi connectivity index (χ3n) is 4.70. The second kappa shape index (κ2) is 11.0. The fourth-order valence-corrected chi connectivity index (χ4v) is 3.18. The molecule has 6 heteroatoms. The molecule has 5 nitrogen and oxygen atoms in total. The van der Waals surface area contributed by atoms with E-state index in [0.717, 1.165) is 24.0 Å². The molecular weight excluding hydrogens is 406 g/mol. The molecule has 3 aromatic rings. The summed E-state index contributed by atoms with van der Waals surface area (Å²) in [6, 6.07) is 24.3. The molecule has 0 aliphatic heterocycles. The van der Waals surface area contributed by atoms with Crippen molar-refractivity contribution in [2.45, 2.75) is 19.8 Å². The Morgan fingerprint density at radius 2 is 1.35 bits per heavy atom. The normalized spacial score (nSPS) is 10.2. The molecule has 3 N–H and O–H groups in total. The van der Waals surface area contributed by atoms with Crippen LogP contribution in [0.25, 0.3) is 11.1 Å². The zero-order valence-corrected chi connectivity index (χ0v) is 18.2. The summed E-state index contributed by atoms with van der Waals surface area (Å²) in [5, 5.41) is 8.71. The van der Waals surface area contributed by atoms with Crippen LogP contribution < -0.4 is 16.0 Å². The summed E-state index contributed by atoms with van der Waals surface area (Å²) < 4.78 is 0. The van der Waals surface area contributed by atoms with Gasteiger partial charge in [0.1, 0.15) is 0 Å². The number of rotatable bonds is 7. The Bertz CT molecular complexity index is 1030. The minimum atomic E-state index is -0.288. The van der Waals surface area contributed by atoms with Gasteiger partial charge < -0.3 is 10.6 Å². The minimum absolute atomic E-state index is 0.102. The van der Waals surface area contributed by atoms with Gasteiger partial charge in [0.25, 0.3) is 11.8 Å². The number of carbonyl (C=O) groups is 2. The molecule has 158 valence electrons. The molecule has 0 unspecified atom stereocenters. The predicted octanol–water partition coefficient (Wildman–Crippen LogP) is 5.01. The zero-order valence-electron chi connectivity index (χ0n) is 17.4. The fraction of sp³-hybridized carbons (Fsp3) is 0.160. The van der Waals surface area contributed by atoms with Crippen LogP contribution in [0.2, 0.25) is 0 Å². The van der Waals surface area contributed by atoms with Crippen molar-refractivity contribution in [3.05, 3.63) is 90.0 Å². The Morgan fingerprint density at radius 1 is 0.774 bits per heavy atom. The van der Waals surface area contributed by atoms with Crippen LogP contribution in [0.1, 0.15) is 40.5 Å². The number of thiocarbonyl (C=S) groups is 1. The van der Waals surface area contributed by atoms with Gasteiger partial charge in [-0.3, -0.25) is 14.9 Å². The highest BCUT2D eigenvalue weighted by Gasteiger charge is 2.09. The van der Waals surface area contributed by atoms with Crippen molar-refractivity contribution >= 4 is 34.8 Å². The molecular formula is C25H25N3O2S. The molecule has 31 heavy (non-hydrogen) atoms. The molecule has 0 bridgehead atoms. The summed E-state index contributed by atoms with van der Waals surface area (Å²) in [5.41, 5.74) is 3.92. The van der Waals surface area contributed by atoms with Crippen molar-refractivity contribution in [1.29, 1.82) is 0 Å². The molecule has 3 aromatic carbocycles. The first-order chi connectivity index (χ1) is 15.1. The average molecular weight is 432 g/mol. The smallest absolute Gasteiger partial charge is 0.257 e. The maximum Gasteiger partial charge on any atom is 0.257 e. The lowest BCUT2D eigenvalue weighted by Crippen LogP contribution is -2.34. The quantitative estimate of drug-likeness (QED) is 0.363. The number of benzene rings is 3. The highest BCUT2D eigenvalue weighted by atomic mass is 32.1. The van der Waals surface area contributed by atoms with Gasteiger partial charge in [0.05, 0.1) is 0 Å². The maximum absolute atomic E-state index is 12.5. The molecule has 0 aromatic heterocycles. The van der Waals surface area contributed by atoms with E-state index in [-0.39, 0.29) is 16.9 Å². The molecule has 3 rings (SSSR count). The molecule has 0 atom stereocenters. The lowest BCUT2D eigenvalue weighted by Gasteiger charge is -2.11. The number of carbonyl (C=O) groups excluding carboxylic acids is 2. The summed E-state index contributed by atoms with van der Waals surface area (Å²) in [7, 11) is 0. The van der Waals surface area contributed by atoms with Gasteiger partial charge in [0, 0.05) is 23.4 Å². The van der Waals surface area contributed by atoms with Crippen molar-refractivity contribution < 1.29 is 9.59 Å². The van der Waals surface area contributed by atoms with Crippen molar-refractivity contribution in [3.63, 3.8) is 0 Å². The highest BCUT2D eigenvalue weighted by Crippen LogP contribution is 2.19. The largest absolute Gasteiger partial charge is 0.352 e. The number of hydrogen-bond acceptors (Lipinski definition) is 3. The standard InChI is InChI=1S/C25H25N3O2S/c1-2-3-17-26-23(29)20-13-15-22(16-14-20)27-25(31)28-24(30)21-11-9-19(10-12-21)18-7-5-4-6-8-18/h4-16H,2-3,17H2,1H3,(H,26,29)(H2,27,28,30,31). The minimum Gasteiger partial charge on any atom is -0.352 e. The van der Waals surface area contributed by atoms with Crippen LogP contribution >= 0.6 is 12.2 Å². The van der Waals surface area contributed by atoms with Crippen LogP contribution in [0.15, 0.2) is 78.9 Å². The second-order valence-corrected chi connectivity index (χ2v) is 7.45. The fourth-order valence-electron chi connectivity index (χ4n) is 2.97. The van der Waals surface area contributed by atoms with Crippen molar-refractivity contribution in [1.82, 2.24) is 10.6 Å². The van der Waals surface area contributed by atoms with Crippen LogP contribution in [0, 0.1) is 0 Å². The number of unbranched alkanes of at least 4 members (excludes halogenated alkanes) is 1. The molecule has 0 heterocycles. The van der Waals surface area contributed by atoms with Crippen LogP contribution in [-0.4, -0.2) is 23.5 Å². The lowest BCUT2D eigenvalue weighted by molar-refractivity contribution is 0.0950. The summed E-state index contributed by atoms with van der Waals surface area (Å²) in [5.74, 6) is -0.390. The van der Waals surface area contributed by atoms with Gasteiger partial charge >= 0.3 is 0 Å². The average Bonchev–Trinajstić information content (AvgIpc) is 2.80. The van der Waals surface area contributed by atoms with E-state index in [2.05, 4.69) is 22.9 Å². The second-order valence-electron chi connectivity index (χ2n) is 7.04. The summed E-state index contributed by atoms with van der Waals surface area (Å²) in [6.07, 6.45) is 1.98. The molecule has 0 saturated carbocycles. The van der Waals surface area contributed by atoms with Gasteiger partial charge in [-0.2, -0.15) is 0 Å².